The smallest absolute Gasteiger partial charge is 0.744 e. The average Bonchev–Trinajstić information content (AvgIpc) is 2.61. The number of hydrogen-bond acceptors (Lipinski definition) is 3. The molecule has 2 aromatic carbocycles. The van der Waals surface area contributed by atoms with Crippen molar-refractivity contribution < 1.29 is 64.4 Å². The van der Waals surface area contributed by atoms with Crippen LogP contribution in [0.1, 0.15) is 76.3 Å². The molecule has 144 valence electrons. The third-order valence-electron chi connectivity index (χ3n) is 5.04. The molecule has 3 nitrogen and oxygen atoms in total. The summed E-state index contributed by atoms with van der Waals surface area (Å²) < 4.78 is 35.1. The van der Waals surface area contributed by atoms with Crippen molar-refractivity contribution in [2.45, 2.75) is 83.0 Å². The second-order valence-corrected chi connectivity index (χ2v) is 8.49. The first-order valence-electron chi connectivity index (χ1n) is 9.98. The molecule has 27 heavy (non-hydrogen) atoms. The van der Waals surface area contributed by atoms with Crippen LogP contribution in [0.2, 0.25) is 0 Å². The van der Waals surface area contributed by atoms with Crippen molar-refractivity contribution in [3.05, 3.63) is 41.5 Å². The molecule has 0 bridgehead atoms. The maximum absolute atomic E-state index is 11.7. The Balaban J connectivity index is 0.00000364. The normalized spacial score (nSPS) is 11.5. The first-order valence-corrected chi connectivity index (χ1v) is 11.4. The Kier molecular flexibility index (Phi) is 11.9. The summed E-state index contributed by atoms with van der Waals surface area (Å²) in [4.78, 5) is -0.0831. The minimum atomic E-state index is -4.47. The Hall–Kier alpha value is 0.246. The van der Waals surface area contributed by atoms with Crippen LogP contribution in [0.25, 0.3) is 10.8 Å². The number of unbranched alkanes of at least 4 members (excludes halogenated alkanes) is 6. The zero-order valence-electron chi connectivity index (χ0n) is 17.1. The third kappa shape index (κ3) is 7.54. The van der Waals surface area contributed by atoms with Crippen LogP contribution < -0.4 is 51.4 Å². The van der Waals surface area contributed by atoms with E-state index in [9.17, 15) is 13.0 Å². The standard InChI is InChI=1S/C22H32O3S.K/c1-3-5-7-9-12-18-14-11-15-20-21(26(23,24)25)17-16-19(22(18)20)13-10-8-6-4-2;/h11,14-17H,3-10,12-13H2,1-2H3,(H,23,24,25);/q;+1/p-1. The van der Waals surface area contributed by atoms with Crippen molar-refractivity contribution in [1.82, 2.24) is 0 Å². The molecule has 0 amide bonds. The summed E-state index contributed by atoms with van der Waals surface area (Å²) in [6.45, 7) is 4.38. The molecule has 5 heteroatoms. The number of rotatable bonds is 11. The van der Waals surface area contributed by atoms with E-state index in [1.807, 2.05) is 12.1 Å². The van der Waals surface area contributed by atoms with E-state index in [0.29, 0.717) is 5.39 Å². The van der Waals surface area contributed by atoms with E-state index >= 15 is 0 Å². The summed E-state index contributed by atoms with van der Waals surface area (Å²) in [6, 6.07) is 9.11. The Bertz CT molecular complexity index is 797. The molecule has 2 aromatic rings. The minimum Gasteiger partial charge on any atom is -0.744 e. The van der Waals surface area contributed by atoms with E-state index in [4.69, 9.17) is 0 Å². The molecule has 0 saturated carbocycles. The Morgan fingerprint density at radius 3 is 1.85 bits per heavy atom. The van der Waals surface area contributed by atoms with Crippen molar-refractivity contribution in [3.63, 3.8) is 0 Å². The van der Waals surface area contributed by atoms with Gasteiger partial charge in [-0.3, -0.25) is 0 Å². The molecule has 0 radical (unpaired) electrons. The SMILES string of the molecule is CCCCCCc1cccc2c(S(=O)(=O)[O-])ccc(CCCCCC)c12.[K+]. The van der Waals surface area contributed by atoms with Crippen LogP contribution in [0.5, 0.6) is 0 Å². The van der Waals surface area contributed by atoms with Crippen LogP contribution in [-0.4, -0.2) is 13.0 Å². The van der Waals surface area contributed by atoms with Crippen LogP contribution in [0.15, 0.2) is 35.2 Å². The molecule has 2 rings (SSSR count). The average molecular weight is 415 g/mol. The van der Waals surface area contributed by atoms with E-state index in [-0.39, 0.29) is 56.3 Å². The van der Waals surface area contributed by atoms with Gasteiger partial charge in [-0.2, -0.15) is 0 Å². The van der Waals surface area contributed by atoms with Gasteiger partial charge < -0.3 is 4.55 Å². The van der Waals surface area contributed by atoms with Gasteiger partial charge in [0.2, 0.25) is 0 Å². The van der Waals surface area contributed by atoms with Gasteiger partial charge in [-0.05, 0) is 53.6 Å². The second-order valence-electron chi connectivity index (χ2n) is 7.14. The number of hydrogen-bond donors (Lipinski definition) is 0. The number of benzene rings is 2. The molecule has 0 N–H and O–H groups in total. The third-order valence-corrected chi connectivity index (χ3v) is 5.94. The fourth-order valence-corrected chi connectivity index (χ4v) is 4.33. The Morgan fingerprint density at radius 2 is 1.33 bits per heavy atom. The van der Waals surface area contributed by atoms with Gasteiger partial charge in [-0.25, -0.2) is 8.42 Å². The zero-order valence-corrected chi connectivity index (χ0v) is 21.0. The van der Waals surface area contributed by atoms with E-state index in [1.54, 1.807) is 6.07 Å². The summed E-state index contributed by atoms with van der Waals surface area (Å²) in [5.41, 5.74) is 2.35. The van der Waals surface area contributed by atoms with Gasteiger partial charge in [0.1, 0.15) is 10.1 Å². The van der Waals surface area contributed by atoms with Crippen molar-refractivity contribution in [2.24, 2.45) is 0 Å². The molecule has 0 aliphatic rings. The molecule has 0 fully saturated rings. The monoisotopic (exact) mass is 414 g/mol. The molecule has 0 aliphatic carbocycles. The topological polar surface area (TPSA) is 57.2 Å². The van der Waals surface area contributed by atoms with Crippen molar-refractivity contribution in [2.75, 3.05) is 0 Å². The summed E-state index contributed by atoms with van der Waals surface area (Å²) in [6.07, 6.45) is 11.2. The zero-order chi connectivity index (χ0) is 19.0. The molecule has 0 atom stereocenters. The molecule has 0 unspecified atom stereocenters. The predicted molar refractivity (Wildman–Crippen MR) is 108 cm³/mol. The summed E-state index contributed by atoms with van der Waals surface area (Å²) in [7, 11) is -4.47. The largest absolute Gasteiger partial charge is 1.00 e. The molecule has 0 spiro atoms. The van der Waals surface area contributed by atoms with Gasteiger partial charge in [0, 0.05) is 0 Å². The molecule has 0 heterocycles. The first-order chi connectivity index (χ1) is 12.5. The van der Waals surface area contributed by atoms with Crippen molar-refractivity contribution >= 4 is 20.9 Å². The van der Waals surface area contributed by atoms with Gasteiger partial charge in [-0.15, -0.1) is 0 Å². The van der Waals surface area contributed by atoms with Gasteiger partial charge in [-0.1, -0.05) is 76.6 Å². The molecule has 0 aromatic heterocycles. The van der Waals surface area contributed by atoms with Gasteiger partial charge in [0.05, 0.1) is 4.90 Å². The second kappa shape index (κ2) is 12.7. The van der Waals surface area contributed by atoms with Gasteiger partial charge in [0.15, 0.2) is 0 Å². The van der Waals surface area contributed by atoms with Crippen LogP contribution >= 0.6 is 0 Å². The molecule has 0 saturated heterocycles. The van der Waals surface area contributed by atoms with Crippen molar-refractivity contribution in [3.8, 4) is 0 Å². The molecule has 0 aliphatic heterocycles. The van der Waals surface area contributed by atoms with Crippen LogP contribution in [0.4, 0.5) is 0 Å². The quantitative estimate of drug-likeness (QED) is 0.323. The fourth-order valence-electron chi connectivity index (χ4n) is 3.65. The maximum Gasteiger partial charge on any atom is 1.00 e. The van der Waals surface area contributed by atoms with E-state index in [2.05, 4.69) is 19.9 Å². The van der Waals surface area contributed by atoms with E-state index < -0.39 is 10.1 Å². The maximum atomic E-state index is 11.7. The minimum absolute atomic E-state index is 0. The molecular weight excluding hydrogens is 383 g/mol. The van der Waals surface area contributed by atoms with Crippen LogP contribution in [0.3, 0.4) is 0 Å². The number of aryl methyl sites for hydroxylation is 2. The summed E-state index contributed by atoms with van der Waals surface area (Å²) in [5, 5.41) is 1.60. The van der Waals surface area contributed by atoms with Crippen LogP contribution in [0, 0.1) is 0 Å². The molecular formula is C22H31KO3S. The Labute approximate surface area is 207 Å². The van der Waals surface area contributed by atoms with E-state index in [0.717, 1.165) is 31.1 Å². The fraction of sp³-hybridized carbons (Fsp3) is 0.545. The first kappa shape index (κ1) is 25.3. The summed E-state index contributed by atoms with van der Waals surface area (Å²) >= 11 is 0. The predicted octanol–water partition coefficient (Wildman–Crippen LogP) is 2.99. The van der Waals surface area contributed by atoms with E-state index in [1.165, 1.54) is 55.7 Å². The van der Waals surface area contributed by atoms with Crippen molar-refractivity contribution in [1.29, 1.82) is 0 Å². The van der Waals surface area contributed by atoms with Gasteiger partial charge in [0.25, 0.3) is 0 Å². The number of fused-ring (bicyclic) bond motifs is 1. The summed E-state index contributed by atoms with van der Waals surface area (Å²) in [5.74, 6) is 0. The van der Waals surface area contributed by atoms with Crippen LogP contribution in [-0.2, 0) is 23.0 Å². The van der Waals surface area contributed by atoms with Gasteiger partial charge >= 0.3 is 51.4 Å². The Morgan fingerprint density at radius 1 is 0.778 bits per heavy atom.